The summed E-state index contributed by atoms with van der Waals surface area (Å²) in [5, 5.41) is -0.330. The van der Waals surface area contributed by atoms with Crippen LogP contribution in [0.25, 0.3) is 11.0 Å². The van der Waals surface area contributed by atoms with Crippen LogP contribution in [0.5, 0.6) is 0 Å². The Morgan fingerprint density at radius 3 is 2.74 bits per heavy atom. The van der Waals surface area contributed by atoms with Crippen LogP contribution in [-0.2, 0) is 6.54 Å². The van der Waals surface area contributed by atoms with Gasteiger partial charge in [-0.2, -0.15) is 0 Å². The summed E-state index contributed by atoms with van der Waals surface area (Å²) in [5.74, 6) is 0.618. The fourth-order valence-electron chi connectivity index (χ4n) is 2.55. The number of nitrogens with zero attached hydrogens (tertiary/aromatic N) is 2. The summed E-state index contributed by atoms with van der Waals surface area (Å²) in [6, 6.07) is 2.20. The third-order valence-electron chi connectivity index (χ3n) is 3.85. The summed E-state index contributed by atoms with van der Waals surface area (Å²) in [7, 11) is 0. The van der Waals surface area contributed by atoms with Gasteiger partial charge in [0.25, 0.3) is 0 Å². The summed E-state index contributed by atoms with van der Waals surface area (Å²) in [6.45, 7) is 4.70. The number of halogens is 3. The van der Waals surface area contributed by atoms with E-state index >= 15 is 0 Å². The highest BCUT2D eigenvalue weighted by Crippen LogP contribution is 2.40. The van der Waals surface area contributed by atoms with Gasteiger partial charge in [0, 0.05) is 12.6 Å². The van der Waals surface area contributed by atoms with Gasteiger partial charge in [-0.05, 0) is 31.2 Å². The van der Waals surface area contributed by atoms with Crippen LogP contribution in [0.4, 0.5) is 8.78 Å². The van der Waals surface area contributed by atoms with Crippen molar-refractivity contribution in [3.8, 4) is 0 Å². The lowest BCUT2D eigenvalue weighted by Gasteiger charge is -2.10. The van der Waals surface area contributed by atoms with Crippen molar-refractivity contribution < 1.29 is 8.78 Å². The Morgan fingerprint density at radius 2 is 2.16 bits per heavy atom. The lowest BCUT2D eigenvalue weighted by molar-refractivity contribution is 0.576. The third kappa shape index (κ3) is 2.22. The predicted octanol–water partition coefficient (Wildman–Crippen LogP) is 4.27. The third-order valence-corrected chi connectivity index (χ3v) is 4.05. The van der Waals surface area contributed by atoms with Crippen LogP contribution in [0, 0.1) is 23.5 Å². The van der Waals surface area contributed by atoms with Crippen molar-refractivity contribution >= 4 is 22.6 Å². The molecule has 3 atom stereocenters. The zero-order valence-electron chi connectivity index (χ0n) is 10.8. The van der Waals surface area contributed by atoms with Gasteiger partial charge in [0.2, 0.25) is 0 Å². The first kappa shape index (κ1) is 12.9. The molecule has 0 spiro atoms. The Morgan fingerprint density at radius 1 is 1.47 bits per heavy atom. The molecular formula is C14H15ClF2N2. The van der Waals surface area contributed by atoms with Gasteiger partial charge in [0.05, 0.1) is 10.9 Å². The smallest absolute Gasteiger partial charge is 0.153 e. The number of hydrogen-bond donors (Lipinski definition) is 0. The van der Waals surface area contributed by atoms with Crippen molar-refractivity contribution in [2.75, 3.05) is 0 Å². The number of rotatable bonds is 3. The molecule has 1 aromatic heterocycles. The number of alkyl halides is 1. The molecule has 1 fully saturated rings. The normalized spacial score (nSPS) is 23.8. The highest BCUT2D eigenvalue weighted by Gasteiger charge is 2.34. The number of benzene rings is 1. The molecule has 102 valence electrons. The lowest BCUT2D eigenvalue weighted by atomic mass is 10.2. The molecule has 1 aliphatic carbocycles. The molecule has 1 aliphatic rings. The summed E-state index contributed by atoms with van der Waals surface area (Å²) in [6.07, 6.45) is 1.15. The van der Waals surface area contributed by atoms with E-state index in [2.05, 4.69) is 11.9 Å². The molecule has 1 saturated carbocycles. The number of imidazole rings is 1. The minimum atomic E-state index is -0.629. The number of aromatic nitrogens is 2. The Kier molecular flexibility index (Phi) is 3.01. The van der Waals surface area contributed by atoms with E-state index in [4.69, 9.17) is 11.6 Å². The second-order valence-corrected chi connectivity index (χ2v) is 6.08. The minimum absolute atomic E-state index is 0.206. The summed E-state index contributed by atoms with van der Waals surface area (Å²) < 4.78 is 29.0. The molecule has 0 saturated heterocycles. The molecule has 1 aromatic carbocycles. The fourth-order valence-corrected chi connectivity index (χ4v) is 2.72. The molecule has 0 radical (unpaired) electrons. The van der Waals surface area contributed by atoms with Crippen LogP contribution >= 0.6 is 11.6 Å². The van der Waals surface area contributed by atoms with E-state index in [1.165, 1.54) is 6.07 Å². The van der Waals surface area contributed by atoms with Crippen LogP contribution < -0.4 is 0 Å². The molecule has 2 nitrogen and oxygen atoms in total. The Bertz CT molecular complexity index is 636. The van der Waals surface area contributed by atoms with Gasteiger partial charge in [-0.25, -0.2) is 13.8 Å². The highest BCUT2D eigenvalue weighted by atomic mass is 35.5. The van der Waals surface area contributed by atoms with Gasteiger partial charge in [0.1, 0.15) is 17.2 Å². The average molecular weight is 285 g/mol. The van der Waals surface area contributed by atoms with Crippen molar-refractivity contribution in [3.63, 3.8) is 0 Å². The summed E-state index contributed by atoms with van der Waals surface area (Å²) in [4.78, 5) is 4.25. The molecule has 5 heteroatoms. The molecule has 1 heterocycles. The maximum atomic E-state index is 13.8. The van der Waals surface area contributed by atoms with Crippen LogP contribution in [0.1, 0.15) is 31.5 Å². The monoisotopic (exact) mass is 284 g/mol. The standard InChI is InChI=1S/C14H15ClF2N2/c1-7-3-9(7)6-19-12-5-10(16)4-11(17)13(12)18-14(19)8(2)15/h4-5,7-9H,3,6H2,1-2H3. The first-order chi connectivity index (χ1) is 8.97. The molecule has 0 N–H and O–H groups in total. The highest BCUT2D eigenvalue weighted by molar-refractivity contribution is 6.20. The van der Waals surface area contributed by atoms with Gasteiger partial charge in [-0.15, -0.1) is 11.6 Å². The van der Waals surface area contributed by atoms with Crippen molar-refractivity contribution in [2.45, 2.75) is 32.2 Å². The van der Waals surface area contributed by atoms with Gasteiger partial charge in [-0.3, -0.25) is 0 Å². The van der Waals surface area contributed by atoms with Crippen molar-refractivity contribution in [1.29, 1.82) is 0 Å². The fraction of sp³-hybridized carbons (Fsp3) is 0.500. The molecule has 0 amide bonds. The lowest BCUT2D eigenvalue weighted by Crippen LogP contribution is -2.06. The maximum Gasteiger partial charge on any atom is 0.153 e. The predicted molar refractivity (Wildman–Crippen MR) is 71.2 cm³/mol. The summed E-state index contributed by atoms with van der Waals surface area (Å²) >= 11 is 6.11. The second-order valence-electron chi connectivity index (χ2n) is 5.43. The van der Waals surface area contributed by atoms with E-state index in [1.807, 2.05) is 4.57 Å². The van der Waals surface area contributed by atoms with Gasteiger partial charge >= 0.3 is 0 Å². The molecule has 3 unspecified atom stereocenters. The Hall–Kier alpha value is -1.16. The largest absolute Gasteiger partial charge is 0.326 e. The van der Waals surface area contributed by atoms with E-state index in [0.29, 0.717) is 23.2 Å². The number of fused-ring (bicyclic) bond motifs is 1. The van der Waals surface area contributed by atoms with Crippen molar-refractivity contribution in [2.24, 2.45) is 11.8 Å². The molecule has 3 rings (SSSR count). The second kappa shape index (κ2) is 4.44. The minimum Gasteiger partial charge on any atom is -0.326 e. The zero-order valence-corrected chi connectivity index (χ0v) is 11.6. The van der Waals surface area contributed by atoms with Crippen LogP contribution in [0.15, 0.2) is 12.1 Å². The quantitative estimate of drug-likeness (QED) is 0.770. The van der Waals surface area contributed by atoms with Gasteiger partial charge in [0.15, 0.2) is 5.82 Å². The molecule has 0 bridgehead atoms. The van der Waals surface area contributed by atoms with Gasteiger partial charge in [-0.1, -0.05) is 6.92 Å². The Balaban J connectivity index is 2.16. The number of hydrogen-bond acceptors (Lipinski definition) is 1. The van der Waals surface area contributed by atoms with Crippen molar-refractivity contribution in [3.05, 3.63) is 29.6 Å². The molecular weight excluding hydrogens is 270 g/mol. The van der Waals surface area contributed by atoms with E-state index in [9.17, 15) is 8.78 Å². The first-order valence-electron chi connectivity index (χ1n) is 6.46. The van der Waals surface area contributed by atoms with E-state index in [-0.39, 0.29) is 10.9 Å². The topological polar surface area (TPSA) is 17.8 Å². The van der Waals surface area contributed by atoms with Crippen LogP contribution in [0.2, 0.25) is 0 Å². The molecule has 0 aliphatic heterocycles. The SMILES string of the molecule is CC(Cl)c1nc2c(F)cc(F)cc2n1CC1CC1C. The first-order valence-corrected chi connectivity index (χ1v) is 6.90. The zero-order chi connectivity index (χ0) is 13.7. The maximum absolute atomic E-state index is 13.8. The van der Waals surface area contributed by atoms with Crippen molar-refractivity contribution in [1.82, 2.24) is 9.55 Å². The van der Waals surface area contributed by atoms with E-state index < -0.39 is 11.6 Å². The van der Waals surface area contributed by atoms with E-state index in [0.717, 1.165) is 19.0 Å². The average Bonchev–Trinajstić information content (AvgIpc) is 2.86. The Labute approximate surface area is 115 Å². The van der Waals surface area contributed by atoms with E-state index in [1.54, 1.807) is 6.92 Å². The van der Waals surface area contributed by atoms with Crippen LogP contribution in [-0.4, -0.2) is 9.55 Å². The molecule has 19 heavy (non-hydrogen) atoms. The molecule has 2 aromatic rings. The van der Waals surface area contributed by atoms with Crippen LogP contribution in [0.3, 0.4) is 0 Å². The van der Waals surface area contributed by atoms with Gasteiger partial charge < -0.3 is 4.57 Å². The summed E-state index contributed by atoms with van der Waals surface area (Å²) in [5.41, 5.74) is 0.705.